The molecule has 0 spiro atoms. The number of carbonyl (C=O) groups is 1. The third kappa shape index (κ3) is 3.88. The van der Waals surface area contributed by atoms with E-state index in [1.807, 2.05) is 4.90 Å². The summed E-state index contributed by atoms with van der Waals surface area (Å²) < 4.78 is 13.3. The molecule has 0 unspecified atom stereocenters. The lowest BCUT2D eigenvalue weighted by Gasteiger charge is -2.30. The molecule has 0 saturated carbocycles. The third-order valence-electron chi connectivity index (χ3n) is 6.74. The van der Waals surface area contributed by atoms with Gasteiger partial charge in [0.15, 0.2) is 0 Å². The van der Waals surface area contributed by atoms with E-state index >= 15 is 0 Å². The number of hydrogen-bond donors (Lipinski definition) is 2. The monoisotopic (exact) mass is 433 g/mol. The van der Waals surface area contributed by atoms with E-state index in [1.54, 1.807) is 12.1 Å². The number of carbonyl (C=O) groups excluding carboxylic acids is 1. The second-order valence-corrected chi connectivity index (χ2v) is 8.95. The Balaban J connectivity index is 1.33. The van der Waals surface area contributed by atoms with Crippen molar-refractivity contribution in [2.45, 2.75) is 31.8 Å². The molecule has 5 rings (SSSR count). The van der Waals surface area contributed by atoms with Crippen molar-refractivity contribution in [2.75, 3.05) is 26.7 Å². The number of nitrogens with zero attached hydrogens (tertiary/aromatic N) is 3. The van der Waals surface area contributed by atoms with Crippen molar-refractivity contribution in [1.82, 2.24) is 25.3 Å². The van der Waals surface area contributed by atoms with E-state index < -0.39 is 0 Å². The molecule has 3 heterocycles. The zero-order valence-corrected chi connectivity index (χ0v) is 18.4. The van der Waals surface area contributed by atoms with Crippen LogP contribution in [-0.2, 0) is 13.0 Å². The molecule has 2 aromatic carbocycles. The molecule has 2 atom stereocenters. The Hall–Kier alpha value is -3.19. The maximum atomic E-state index is 13.3. The fraction of sp³-hybridized carbons (Fsp3) is 0.360. The SMILES string of the molecule is Cc1ccccc1[C@@H]1CN(C)C[C@H]1NC(=O)N1CCc2[nH]nc(-c3ccc(F)cc3)c2C1. The van der Waals surface area contributed by atoms with Gasteiger partial charge in [-0.15, -0.1) is 0 Å². The van der Waals surface area contributed by atoms with Crippen LogP contribution >= 0.6 is 0 Å². The number of amides is 2. The Morgan fingerprint density at radius 2 is 1.94 bits per heavy atom. The van der Waals surface area contributed by atoms with Crippen LogP contribution in [0.1, 0.15) is 28.3 Å². The van der Waals surface area contributed by atoms with Crippen LogP contribution in [0, 0.1) is 12.7 Å². The van der Waals surface area contributed by atoms with Crippen molar-refractivity contribution >= 4 is 6.03 Å². The van der Waals surface area contributed by atoms with E-state index in [0.29, 0.717) is 13.1 Å². The summed E-state index contributed by atoms with van der Waals surface area (Å²) in [5, 5.41) is 10.9. The molecule has 3 aromatic rings. The van der Waals surface area contributed by atoms with Crippen molar-refractivity contribution in [3.63, 3.8) is 0 Å². The largest absolute Gasteiger partial charge is 0.333 e. The van der Waals surface area contributed by atoms with Crippen LogP contribution in [0.2, 0.25) is 0 Å². The first-order valence-electron chi connectivity index (χ1n) is 11.1. The van der Waals surface area contributed by atoms with E-state index in [1.165, 1.54) is 23.3 Å². The molecule has 1 saturated heterocycles. The van der Waals surface area contributed by atoms with Crippen LogP contribution in [0.15, 0.2) is 48.5 Å². The number of nitrogens with one attached hydrogen (secondary N) is 2. The summed E-state index contributed by atoms with van der Waals surface area (Å²) in [5.41, 5.74) is 6.26. The zero-order valence-electron chi connectivity index (χ0n) is 18.4. The molecule has 32 heavy (non-hydrogen) atoms. The molecule has 7 heteroatoms. The second-order valence-electron chi connectivity index (χ2n) is 8.95. The minimum Gasteiger partial charge on any atom is -0.333 e. The van der Waals surface area contributed by atoms with Gasteiger partial charge < -0.3 is 15.1 Å². The summed E-state index contributed by atoms with van der Waals surface area (Å²) in [6.45, 7) is 5.02. The number of aryl methyl sites for hydroxylation is 1. The van der Waals surface area contributed by atoms with Crippen LogP contribution in [0.5, 0.6) is 0 Å². The molecule has 166 valence electrons. The average Bonchev–Trinajstić information content (AvgIpc) is 3.37. The lowest BCUT2D eigenvalue weighted by molar-refractivity contribution is 0.187. The average molecular weight is 434 g/mol. The molecule has 2 aliphatic heterocycles. The number of hydrogen-bond acceptors (Lipinski definition) is 3. The number of fused-ring (bicyclic) bond motifs is 1. The van der Waals surface area contributed by atoms with Crippen molar-refractivity contribution in [2.24, 2.45) is 0 Å². The van der Waals surface area contributed by atoms with Crippen molar-refractivity contribution < 1.29 is 9.18 Å². The first-order valence-corrected chi connectivity index (χ1v) is 11.1. The Labute approximate surface area is 187 Å². The minimum atomic E-state index is -0.274. The predicted octanol–water partition coefficient (Wildman–Crippen LogP) is 3.69. The van der Waals surface area contributed by atoms with Gasteiger partial charge >= 0.3 is 6.03 Å². The normalized spacial score (nSPS) is 20.9. The van der Waals surface area contributed by atoms with Crippen molar-refractivity contribution in [3.8, 4) is 11.3 Å². The van der Waals surface area contributed by atoms with Crippen molar-refractivity contribution in [3.05, 3.63) is 76.7 Å². The molecule has 2 amide bonds. The number of benzene rings is 2. The summed E-state index contributed by atoms with van der Waals surface area (Å²) in [6.07, 6.45) is 0.725. The summed E-state index contributed by atoms with van der Waals surface area (Å²) in [6, 6.07) is 14.8. The zero-order chi connectivity index (χ0) is 22.2. The Morgan fingerprint density at radius 3 is 2.72 bits per heavy atom. The molecular weight excluding hydrogens is 405 g/mol. The summed E-state index contributed by atoms with van der Waals surface area (Å²) in [5.74, 6) is -0.00176. The van der Waals surface area contributed by atoms with Gasteiger partial charge in [0.1, 0.15) is 5.82 Å². The highest BCUT2D eigenvalue weighted by Crippen LogP contribution is 2.31. The van der Waals surface area contributed by atoms with Crippen LogP contribution in [0.25, 0.3) is 11.3 Å². The van der Waals surface area contributed by atoms with Gasteiger partial charge in [-0.2, -0.15) is 5.10 Å². The van der Waals surface area contributed by atoms with Gasteiger partial charge in [0, 0.05) is 48.8 Å². The highest BCUT2D eigenvalue weighted by atomic mass is 19.1. The lowest BCUT2D eigenvalue weighted by Crippen LogP contribution is -2.48. The number of urea groups is 1. The van der Waals surface area contributed by atoms with Gasteiger partial charge in [-0.3, -0.25) is 5.10 Å². The fourth-order valence-electron chi connectivity index (χ4n) is 5.03. The Morgan fingerprint density at radius 1 is 1.16 bits per heavy atom. The van der Waals surface area contributed by atoms with E-state index in [4.69, 9.17) is 0 Å². The number of rotatable bonds is 3. The molecule has 2 N–H and O–H groups in total. The molecule has 2 aliphatic rings. The lowest BCUT2D eigenvalue weighted by atomic mass is 9.91. The Kier molecular flexibility index (Phi) is 5.43. The van der Waals surface area contributed by atoms with E-state index in [9.17, 15) is 9.18 Å². The number of aromatic nitrogens is 2. The van der Waals surface area contributed by atoms with E-state index in [-0.39, 0.29) is 23.8 Å². The predicted molar refractivity (Wildman–Crippen MR) is 122 cm³/mol. The number of H-pyrrole nitrogens is 1. The van der Waals surface area contributed by atoms with E-state index in [0.717, 1.165) is 42.0 Å². The molecule has 0 bridgehead atoms. The Bertz CT molecular complexity index is 1130. The van der Waals surface area contributed by atoms with Crippen LogP contribution in [-0.4, -0.2) is 58.8 Å². The molecule has 0 aliphatic carbocycles. The van der Waals surface area contributed by atoms with E-state index in [2.05, 4.69) is 58.7 Å². The van der Waals surface area contributed by atoms with Gasteiger partial charge in [-0.1, -0.05) is 24.3 Å². The van der Waals surface area contributed by atoms with Crippen molar-refractivity contribution in [1.29, 1.82) is 0 Å². The highest BCUT2D eigenvalue weighted by Gasteiger charge is 2.35. The smallest absolute Gasteiger partial charge is 0.317 e. The maximum Gasteiger partial charge on any atom is 0.317 e. The van der Waals surface area contributed by atoms with Crippen LogP contribution < -0.4 is 5.32 Å². The molecule has 6 nitrogen and oxygen atoms in total. The first kappa shape index (κ1) is 20.7. The molecule has 1 fully saturated rings. The second kappa shape index (κ2) is 8.39. The van der Waals surface area contributed by atoms with Gasteiger partial charge in [0.25, 0.3) is 0 Å². The third-order valence-corrected chi connectivity index (χ3v) is 6.74. The molecular formula is C25H28FN5O. The topological polar surface area (TPSA) is 64.3 Å². The van der Waals surface area contributed by atoms with Gasteiger partial charge in [-0.25, -0.2) is 9.18 Å². The van der Waals surface area contributed by atoms with Gasteiger partial charge in [0.2, 0.25) is 0 Å². The number of halogens is 1. The summed E-state index contributed by atoms with van der Waals surface area (Å²) >= 11 is 0. The van der Waals surface area contributed by atoms with Gasteiger partial charge in [0.05, 0.1) is 18.3 Å². The standard InChI is InChI=1S/C25H28FN5O/c1-16-5-3-4-6-19(16)20-13-30(2)15-23(20)27-25(32)31-12-11-22-21(14-31)24(29-28-22)17-7-9-18(26)10-8-17/h3-10,20,23H,11-15H2,1-2H3,(H,27,32)(H,28,29)/t20-,23+/m0/s1. The summed E-state index contributed by atoms with van der Waals surface area (Å²) in [4.78, 5) is 17.4. The quantitative estimate of drug-likeness (QED) is 0.662. The maximum absolute atomic E-state index is 13.3. The summed E-state index contributed by atoms with van der Waals surface area (Å²) in [7, 11) is 2.10. The molecule has 0 radical (unpaired) electrons. The fourth-order valence-corrected chi connectivity index (χ4v) is 5.03. The van der Waals surface area contributed by atoms with Crippen LogP contribution in [0.3, 0.4) is 0 Å². The van der Waals surface area contributed by atoms with Gasteiger partial charge in [-0.05, 0) is 49.4 Å². The minimum absolute atomic E-state index is 0.0409. The number of aromatic amines is 1. The number of likely N-dealkylation sites (tertiary alicyclic amines) is 1. The highest BCUT2D eigenvalue weighted by molar-refractivity contribution is 5.76. The first-order chi connectivity index (χ1) is 15.5. The molecule has 1 aromatic heterocycles. The van der Waals surface area contributed by atoms with Crippen LogP contribution in [0.4, 0.5) is 9.18 Å². The number of likely N-dealkylation sites (N-methyl/N-ethyl adjacent to an activating group) is 1.